The Balaban J connectivity index is 2.35. The molecule has 1 aromatic heterocycles. The molecule has 2 rings (SSSR count). The van der Waals surface area contributed by atoms with Gasteiger partial charge in [0, 0.05) is 42.2 Å². The number of ether oxygens (including phenoxy) is 3. The zero-order valence-electron chi connectivity index (χ0n) is 16.1. The Kier molecular flexibility index (Phi) is 7.37. The highest BCUT2D eigenvalue weighted by Crippen LogP contribution is 2.35. The number of anilines is 1. The zero-order chi connectivity index (χ0) is 20.7. The molecule has 9 heteroatoms. The maximum atomic E-state index is 14.5. The lowest BCUT2D eigenvalue weighted by Gasteiger charge is -2.15. The van der Waals surface area contributed by atoms with Gasteiger partial charge in [-0.1, -0.05) is 6.82 Å². The third kappa shape index (κ3) is 4.41. The molecule has 0 fully saturated rings. The molecule has 0 saturated heterocycles. The van der Waals surface area contributed by atoms with Crippen molar-refractivity contribution in [3.8, 4) is 17.2 Å². The van der Waals surface area contributed by atoms with E-state index in [1.54, 1.807) is 19.3 Å². The molecule has 0 amide bonds. The normalized spacial score (nSPS) is 11.0. The Bertz CT molecular complexity index is 863. The molecule has 0 spiro atoms. The van der Waals surface area contributed by atoms with Gasteiger partial charge in [-0.2, -0.15) is 0 Å². The molecular formula is C19H21BF2N3O3. The molecule has 28 heavy (non-hydrogen) atoms. The van der Waals surface area contributed by atoms with Gasteiger partial charge in [-0.05, 0) is 0 Å². The van der Waals surface area contributed by atoms with Gasteiger partial charge in [-0.15, -0.1) is 5.98 Å². The molecule has 0 unspecified atom stereocenters. The lowest BCUT2D eigenvalue weighted by molar-refractivity contribution is 0.360. The van der Waals surface area contributed by atoms with Crippen molar-refractivity contribution in [2.45, 2.75) is 13.4 Å². The Labute approximate surface area is 163 Å². The fourth-order valence-electron chi connectivity index (χ4n) is 2.56. The molecule has 2 aromatic rings. The fraction of sp³-hybridized carbons (Fsp3) is 0.263. The maximum Gasteiger partial charge on any atom is 0.191 e. The van der Waals surface area contributed by atoms with Crippen molar-refractivity contribution in [1.82, 2.24) is 4.98 Å². The van der Waals surface area contributed by atoms with Gasteiger partial charge >= 0.3 is 0 Å². The van der Waals surface area contributed by atoms with Crippen LogP contribution in [0.1, 0.15) is 11.3 Å². The monoisotopic (exact) mass is 388 g/mol. The minimum Gasteiger partial charge on any atom is -0.496 e. The number of benzene rings is 1. The third-order valence-corrected chi connectivity index (χ3v) is 3.99. The minimum atomic E-state index is -0.864. The van der Waals surface area contributed by atoms with Gasteiger partial charge in [-0.25, -0.2) is 8.78 Å². The molecule has 0 aliphatic carbocycles. The summed E-state index contributed by atoms with van der Waals surface area (Å²) in [5, 5.41) is 10.2. The van der Waals surface area contributed by atoms with E-state index < -0.39 is 11.6 Å². The molecule has 1 aromatic carbocycles. The standard InChI is InChI=1S/C19H21BF2N3O3/c1-20-7-11(8-23)13-5-14(26-2)12(9-24-13)10-25-19-17(21)15(27-3)6-16(28-4)18(19)22/h5-9,23,25H,10H2,1-4H3/b11-7+,23-8?. The van der Waals surface area contributed by atoms with Crippen molar-refractivity contribution in [2.75, 3.05) is 26.6 Å². The second-order valence-corrected chi connectivity index (χ2v) is 5.62. The number of hydrogen-bond donors (Lipinski definition) is 2. The van der Waals surface area contributed by atoms with E-state index in [1.807, 2.05) is 6.82 Å². The summed E-state index contributed by atoms with van der Waals surface area (Å²) in [5.74, 6) is 0.209. The van der Waals surface area contributed by atoms with Crippen molar-refractivity contribution in [1.29, 1.82) is 5.41 Å². The summed E-state index contributed by atoms with van der Waals surface area (Å²) in [7, 11) is 5.85. The quantitative estimate of drug-likeness (QED) is 0.506. The lowest BCUT2D eigenvalue weighted by atomic mass is 9.80. The van der Waals surface area contributed by atoms with Crippen LogP contribution >= 0.6 is 0 Å². The smallest absolute Gasteiger partial charge is 0.191 e. The lowest BCUT2D eigenvalue weighted by Crippen LogP contribution is -2.08. The maximum absolute atomic E-state index is 14.5. The molecule has 0 atom stereocenters. The van der Waals surface area contributed by atoms with E-state index in [1.165, 1.54) is 33.7 Å². The number of halogens is 2. The zero-order valence-corrected chi connectivity index (χ0v) is 16.1. The van der Waals surface area contributed by atoms with Gasteiger partial charge in [0.1, 0.15) is 18.7 Å². The molecule has 0 saturated carbocycles. The van der Waals surface area contributed by atoms with E-state index in [4.69, 9.17) is 19.6 Å². The highest BCUT2D eigenvalue weighted by Gasteiger charge is 2.20. The van der Waals surface area contributed by atoms with Crippen LogP contribution in [-0.2, 0) is 6.54 Å². The van der Waals surface area contributed by atoms with Gasteiger partial charge in [0.05, 0.1) is 27.0 Å². The van der Waals surface area contributed by atoms with E-state index in [0.29, 0.717) is 22.6 Å². The van der Waals surface area contributed by atoms with Crippen LogP contribution < -0.4 is 19.5 Å². The average Bonchev–Trinajstić information content (AvgIpc) is 2.72. The van der Waals surface area contributed by atoms with Crippen LogP contribution in [0.2, 0.25) is 6.82 Å². The largest absolute Gasteiger partial charge is 0.496 e. The second-order valence-electron chi connectivity index (χ2n) is 5.62. The number of aromatic nitrogens is 1. The van der Waals surface area contributed by atoms with Crippen LogP contribution in [0.25, 0.3) is 5.57 Å². The number of allylic oxidation sites excluding steroid dienone is 1. The number of methoxy groups -OCH3 is 3. The van der Waals surface area contributed by atoms with E-state index in [9.17, 15) is 8.78 Å². The van der Waals surface area contributed by atoms with E-state index in [0.717, 1.165) is 6.07 Å². The van der Waals surface area contributed by atoms with Gasteiger partial charge in [-0.3, -0.25) is 4.98 Å². The molecular weight excluding hydrogens is 367 g/mol. The number of nitrogens with zero attached hydrogens (tertiary/aromatic N) is 1. The van der Waals surface area contributed by atoms with E-state index in [-0.39, 0.29) is 23.7 Å². The first-order chi connectivity index (χ1) is 13.5. The molecule has 0 aliphatic rings. The first kappa shape index (κ1) is 21.2. The molecule has 0 bridgehead atoms. The molecule has 1 radical (unpaired) electrons. The van der Waals surface area contributed by atoms with E-state index in [2.05, 4.69) is 10.3 Å². The number of pyridine rings is 1. The van der Waals surface area contributed by atoms with Gasteiger partial charge < -0.3 is 24.9 Å². The Morgan fingerprint density at radius 2 is 1.71 bits per heavy atom. The first-order valence-corrected chi connectivity index (χ1v) is 8.37. The topological polar surface area (TPSA) is 76.5 Å². The van der Waals surface area contributed by atoms with Crippen molar-refractivity contribution >= 4 is 24.8 Å². The van der Waals surface area contributed by atoms with Crippen LogP contribution in [0.5, 0.6) is 17.2 Å². The highest BCUT2D eigenvalue weighted by molar-refractivity contribution is 6.44. The first-order valence-electron chi connectivity index (χ1n) is 8.37. The molecule has 2 N–H and O–H groups in total. The van der Waals surface area contributed by atoms with E-state index >= 15 is 0 Å². The summed E-state index contributed by atoms with van der Waals surface area (Å²) in [6.07, 6.45) is 2.72. The summed E-state index contributed by atoms with van der Waals surface area (Å²) in [5.41, 5.74) is 1.36. The van der Waals surface area contributed by atoms with Crippen LogP contribution in [0.4, 0.5) is 14.5 Å². The number of nitrogens with one attached hydrogen (secondary N) is 2. The average molecular weight is 388 g/mol. The van der Waals surface area contributed by atoms with Crippen LogP contribution in [-0.4, -0.2) is 39.8 Å². The van der Waals surface area contributed by atoms with Crippen molar-refractivity contribution < 1.29 is 23.0 Å². The van der Waals surface area contributed by atoms with Crippen molar-refractivity contribution in [3.05, 3.63) is 47.2 Å². The summed E-state index contributed by atoms with van der Waals surface area (Å²) in [6, 6.07) is 2.80. The highest BCUT2D eigenvalue weighted by atomic mass is 19.1. The molecule has 0 aliphatic heterocycles. The van der Waals surface area contributed by atoms with Gasteiger partial charge in [0.2, 0.25) is 0 Å². The summed E-state index contributed by atoms with van der Waals surface area (Å²) in [6.45, 7) is 1.88. The molecule has 6 nitrogen and oxygen atoms in total. The Morgan fingerprint density at radius 1 is 1.11 bits per heavy atom. The van der Waals surface area contributed by atoms with Crippen LogP contribution in [0.3, 0.4) is 0 Å². The second kappa shape index (κ2) is 9.73. The Morgan fingerprint density at radius 3 is 2.21 bits per heavy atom. The predicted octanol–water partition coefficient (Wildman–Crippen LogP) is 3.74. The van der Waals surface area contributed by atoms with Crippen molar-refractivity contribution in [2.24, 2.45) is 0 Å². The number of hydrogen-bond acceptors (Lipinski definition) is 6. The van der Waals surface area contributed by atoms with Gasteiger partial charge in [0.15, 0.2) is 23.1 Å². The van der Waals surface area contributed by atoms with Crippen LogP contribution in [0.15, 0.2) is 24.3 Å². The SMILES string of the molecule is C[B]/C=C(\C=N)c1cc(OC)c(CNc2c(F)c(OC)cc(OC)c2F)cn1. The summed E-state index contributed by atoms with van der Waals surface area (Å²) in [4.78, 5) is 4.31. The number of rotatable bonds is 9. The third-order valence-electron chi connectivity index (χ3n) is 3.99. The molecule has 147 valence electrons. The minimum absolute atomic E-state index is 0.0458. The molecule has 1 heterocycles. The summed E-state index contributed by atoms with van der Waals surface area (Å²) >= 11 is 0. The van der Waals surface area contributed by atoms with Gasteiger partial charge in [0.25, 0.3) is 0 Å². The van der Waals surface area contributed by atoms with Crippen LogP contribution in [0, 0.1) is 17.0 Å². The predicted molar refractivity (Wildman–Crippen MR) is 106 cm³/mol. The van der Waals surface area contributed by atoms with Crippen molar-refractivity contribution in [3.63, 3.8) is 0 Å². The Hall–Kier alpha value is -3.10. The fourth-order valence-corrected chi connectivity index (χ4v) is 2.56. The summed E-state index contributed by atoms with van der Waals surface area (Å²) < 4.78 is 44.2.